The number of amides is 2. The summed E-state index contributed by atoms with van der Waals surface area (Å²) in [5, 5.41) is 2.94. The number of piperazine rings is 1. The number of carbonyl (C=O) groups excluding carboxylic acids is 2. The molecule has 0 unspecified atom stereocenters. The number of hydrogen-bond donors (Lipinski definition) is 1. The molecule has 6 heteroatoms. The second kappa shape index (κ2) is 10.6. The molecule has 1 saturated heterocycles. The Hall–Kier alpha value is -2.86. The molecule has 2 amide bonds. The summed E-state index contributed by atoms with van der Waals surface area (Å²) >= 11 is 0. The van der Waals surface area contributed by atoms with Crippen LogP contribution in [0.4, 0.5) is 5.69 Å². The zero-order valence-electron chi connectivity index (χ0n) is 18.9. The monoisotopic (exact) mass is 435 g/mol. The number of anilines is 1. The van der Waals surface area contributed by atoms with Gasteiger partial charge in [-0.05, 0) is 61.6 Å². The van der Waals surface area contributed by atoms with Crippen LogP contribution in [0.3, 0.4) is 0 Å². The number of hydrogen-bond acceptors (Lipinski definition) is 4. The van der Waals surface area contributed by atoms with Crippen molar-refractivity contribution in [1.82, 2.24) is 9.80 Å². The van der Waals surface area contributed by atoms with Gasteiger partial charge < -0.3 is 15.0 Å². The van der Waals surface area contributed by atoms with Gasteiger partial charge in [-0.3, -0.25) is 14.5 Å². The molecular weight excluding hydrogens is 402 g/mol. The molecule has 2 aromatic rings. The van der Waals surface area contributed by atoms with Crippen LogP contribution in [0.5, 0.6) is 5.75 Å². The number of fused-ring (bicyclic) bond motifs is 1. The molecule has 0 saturated carbocycles. The van der Waals surface area contributed by atoms with Crippen molar-refractivity contribution in [2.45, 2.75) is 39.0 Å². The van der Waals surface area contributed by atoms with Crippen molar-refractivity contribution in [3.05, 3.63) is 59.2 Å². The minimum atomic E-state index is -0.0943. The number of nitrogens with zero attached hydrogens (tertiary/aromatic N) is 2. The van der Waals surface area contributed by atoms with Crippen LogP contribution >= 0.6 is 0 Å². The molecular formula is C26H33N3O3. The van der Waals surface area contributed by atoms with Crippen LogP contribution < -0.4 is 10.1 Å². The quantitative estimate of drug-likeness (QED) is 0.690. The van der Waals surface area contributed by atoms with E-state index in [9.17, 15) is 9.59 Å². The van der Waals surface area contributed by atoms with E-state index in [1.807, 2.05) is 35.2 Å². The molecule has 0 aromatic heterocycles. The molecule has 1 fully saturated rings. The van der Waals surface area contributed by atoms with E-state index in [4.69, 9.17) is 4.74 Å². The molecule has 1 N–H and O–H groups in total. The summed E-state index contributed by atoms with van der Waals surface area (Å²) < 4.78 is 5.81. The average molecular weight is 436 g/mol. The Kier molecular flexibility index (Phi) is 7.43. The van der Waals surface area contributed by atoms with Gasteiger partial charge in [0.05, 0.1) is 0 Å². The van der Waals surface area contributed by atoms with Crippen molar-refractivity contribution in [2.75, 3.05) is 44.6 Å². The fraction of sp³-hybridized carbons (Fsp3) is 0.462. The summed E-state index contributed by atoms with van der Waals surface area (Å²) in [5.41, 5.74) is 4.78. The molecule has 0 bridgehead atoms. The average Bonchev–Trinajstić information content (AvgIpc) is 3.27. The van der Waals surface area contributed by atoms with Gasteiger partial charge >= 0.3 is 0 Å². The minimum Gasteiger partial charge on any atom is -0.492 e. The topological polar surface area (TPSA) is 61.9 Å². The van der Waals surface area contributed by atoms with Gasteiger partial charge in [-0.2, -0.15) is 0 Å². The first-order valence-electron chi connectivity index (χ1n) is 11.7. The van der Waals surface area contributed by atoms with Crippen molar-refractivity contribution >= 4 is 17.5 Å². The maximum absolute atomic E-state index is 12.5. The predicted octanol–water partition coefficient (Wildman–Crippen LogP) is 3.43. The zero-order valence-corrected chi connectivity index (χ0v) is 18.9. The van der Waals surface area contributed by atoms with Crippen LogP contribution in [0.2, 0.25) is 0 Å². The maximum atomic E-state index is 12.5. The molecule has 1 aliphatic heterocycles. The molecule has 0 spiro atoms. The molecule has 2 aliphatic rings. The van der Waals surface area contributed by atoms with Crippen LogP contribution in [0.1, 0.15) is 36.0 Å². The number of rotatable bonds is 8. The van der Waals surface area contributed by atoms with Crippen molar-refractivity contribution in [3.8, 4) is 5.75 Å². The lowest BCUT2D eigenvalue weighted by atomic mass is 10.1. The Bertz CT molecular complexity index is 934. The molecule has 1 heterocycles. The third-order valence-corrected chi connectivity index (χ3v) is 6.37. The number of nitrogens with one attached hydrogen (secondary N) is 1. The zero-order chi connectivity index (χ0) is 22.3. The number of aryl methyl sites for hydroxylation is 3. The van der Waals surface area contributed by atoms with Gasteiger partial charge in [-0.15, -0.1) is 0 Å². The van der Waals surface area contributed by atoms with Gasteiger partial charge in [0, 0.05) is 51.3 Å². The first kappa shape index (κ1) is 22.3. The summed E-state index contributed by atoms with van der Waals surface area (Å²) in [4.78, 5) is 29.0. The van der Waals surface area contributed by atoms with Crippen molar-refractivity contribution in [2.24, 2.45) is 0 Å². The normalized spacial score (nSPS) is 16.0. The van der Waals surface area contributed by atoms with Crippen molar-refractivity contribution < 1.29 is 14.3 Å². The van der Waals surface area contributed by atoms with Crippen LogP contribution in [-0.2, 0) is 22.4 Å². The largest absolute Gasteiger partial charge is 0.492 e. The lowest BCUT2D eigenvalue weighted by Crippen LogP contribution is -2.49. The third-order valence-electron chi connectivity index (χ3n) is 6.37. The highest BCUT2D eigenvalue weighted by Gasteiger charge is 2.21. The smallest absolute Gasteiger partial charge is 0.224 e. The standard InChI is InChI=1S/C26H33N3O3/c1-20-5-9-24(10-6-20)32-18-17-28-13-15-29(16-14-28)26(31)12-11-25(30)27-23-8-7-21-3-2-4-22(21)19-23/h5-10,19H,2-4,11-18H2,1H3,(H,27,30). The Balaban J connectivity index is 1.12. The van der Waals surface area contributed by atoms with Crippen LogP contribution in [0, 0.1) is 6.92 Å². The third kappa shape index (κ3) is 6.10. The van der Waals surface area contributed by atoms with Crippen LogP contribution in [-0.4, -0.2) is 60.9 Å². The summed E-state index contributed by atoms with van der Waals surface area (Å²) in [5.74, 6) is 0.857. The summed E-state index contributed by atoms with van der Waals surface area (Å²) in [6.07, 6.45) is 3.88. The molecule has 4 rings (SSSR count). The fourth-order valence-corrected chi connectivity index (χ4v) is 4.40. The van der Waals surface area contributed by atoms with E-state index in [1.165, 1.54) is 23.1 Å². The highest BCUT2D eigenvalue weighted by atomic mass is 16.5. The van der Waals surface area contributed by atoms with Gasteiger partial charge in [-0.25, -0.2) is 0 Å². The van der Waals surface area contributed by atoms with E-state index in [1.54, 1.807) is 0 Å². The molecule has 1 aliphatic carbocycles. The number of benzene rings is 2. The number of ether oxygens (including phenoxy) is 1. The van der Waals surface area contributed by atoms with E-state index in [0.29, 0.717) is 19.7 Å². The SMILES string of the molecule is Cc1ccc(OCCN2CCN(C(=O)CCC(=O)Nc3ccc4c(c3)CCC4)CC2)cc1. The van der Waals surface area contributed by atoms with E-state index in [0.717, 1.165) is 43.9 Å². The summed E-state index contributed by atoms with van der Waals surface area (Å²) in [7, 11) is 0. The molecule has 32 heavy (non-hydrogen) atoms. The Morgan fingerprint density at radius 1 is 0.938 bits per heavy atom. The molecule has 6 nitrogen and oxygen atoms in total. The van der Waals surface area contributed by atoms with Gasteiger partial charge in [0.1, 0.15) is 12.4 Å². The van der Waals surface area contributed by atoms with E-state index in [-0.39, 0.29) is 24.7 Å². The summed E-state index contributed by atoms with van der Waals surface area (Å²) in [6, 6.07) is 14.2. The van der Waals surface area contributed by atoms with Gasteiger partial charge in [-0.1, -0.05) is 23.8 Å². The Morgan fingerprint density at radius 3 is 2.47 bits per heavy atom. The molecule has 0 atom stereocenters. The number of carbonyl (C=O) groups is 2. The second-order valence-electron chi connectivity index (χ2n) is 8.77. The van der Waals surface area contributed by atoms with Gasteiger partial charge in [0.25, 0.3) is 0 Å². The summed E-state index contributed by atoms with van der Waals surface area (Å²) in [6.45, 7) is 6.63. The molecule has 2 aromatic carbocycles. The van der Waals surface area contributed by atoms with E-state index in [2.05, 4.69) is 29.3 Å². The second-order valence-corrected chi connectivity index (χ2v) is 8.77. The predicted molar refractivity (Wildman–Crippen MR) is 126 cm³/mol. The lowest BCUT2D eigenvalue weighted by molar-refractivity contribution is -0.134. The van der Waals surface area contributed by atoms with Crippen molar-refractivity contribution in [1.29, 1.82) is 0 Å². The van der Waals surface area contributed by atoms with Crippen molar-refractivity contribution in [3.63, 3.8) is 0 Å². The lowest BCUT2D eigenvalue weighted by Gasteiger charge is -2.34. The first-order valence-corrected chi connectivity index (χ1v) is 11.7. The Morgan fingerprint density at radius 2 is 1.69 bits per heavy atom. The highest BCUT2D eigenvalue weighted by Crippen LogP contribution is 2.25. The van der Waals surface area contributed by atoms with Gasteiger partial charge in [0.2, 0.25) is 11.8 Å². The van der Waals surface area contributed by atoms with Crippen LogP contribution in [0.15, 0.2) is 42.5 Å². The molecule has 0 radical (unpaired) electrons. The molecule has 170 valence electrons. The van der Waals surface area contributed by atoms with E-state index >= 15 is 0 Å². The van der Waals surface area contributed by atoms with Gasteiger partial charge in [0.15, 0.2) is 0 Å². The fourth-order valence-electron chi connectivity index (χ4n) is 4.40. The van der Waals surface area contributed by atoms with Crippen LogP contribution in [0.25, 0.3) is 0 Å². The first-order chi connectivity index (χ1) is 15.6. The maximum Gasteiger partial charge on any atom is 0.224 e. The van der Waals surface area contributed by atoms with E-state index < -0.39 is 0 Å². The highest BCUT2D eigenvalue weighted by molar-refractivity contribution is 5.93. The minimum absolute atomic E-state index is 0.0599. The Labute approximate surface area is 190 Å².